The number of hydrogen-bond acceptors (Lipinski definition) is 4. The van der Waals surface area contributed by atoms with Gasteiger partial charge in [0, 0.05) is 45.1 Å². The second kappa shape index (κ2) is 8.77. The van der Waals surface area contributed by atoms with Crippen LogP contribution in [0.4, 0.5) is 0 Å². The zero-order valence-corrected chi connectivity index (χ0v) is 15.7. The molecule has 2 aliphatic heterocycles. The van der Waals surface area contributed by atoms with E-state index >= 15 is 0 Å². The van der Waals surface area contributed by atoms with Gasteiger partial charge in [0.25, 0.3) is 0 Å². The maximum Gasteiger partial charge on any atom is 0.226 e. The van der Waals surface area contributed by atoms with Crippen LogP contribution in [-0.2, 0) is 11.3 Å². The maximum absolute atomic E-state index is 12.5. The molecule has 5 heteroatoms. The second-order valence-electron chi connectivity index (χ2n) is 7.55. The van der Waals surface area contributed by atoms with Crippen LogP contribution in [0.2, 0.25) is 0 Å². The van der Waals surface area contributed by atoms with Crippen LogP contribution in [0.15, 0.2) is 24.5 Å². The SMILES string of the molecule is CCN(C)C(=O)[C@@H]1CCCN(C2CCN(Cc3ccncc3)CC2)C1. The third-order valence-electron chi connectivity index (χ3n) is 5.88. The van der Waals surface area contributed by atoms with Gasteiger partial charge in [-0.3, -0.25) is 19.6 Å². The zero-order valence-electron chi connectivity index (χ0n) is 15.7. The molecule has 2 fully saturated rings. The van der Waals surface area contributed by atoms with E-state index in [1.165, 1.54) is 18.4 Å². The summed E-state index contributed by atoms with van der Waals surface area (Å²) in [5.74, 6) is 0.538. The van der Waals surface area contributed by atoms with Crippen LogP contribution in [0.3, 0.4) is 0 Å². The van der Waals surface area contributed by atoms with Crippen LogP contribution >= 0.6 is 0 Å². The first-order valence-corrected chi connectivity index (χ1v) is 9.77. The van der Waals surface area contributed by atoms with Crippen molar-refractivity contribution in [3.8, 4) is 0 Å². The first-order valence-electron chi connectivity index (χ1n) is 9.77. The summed E-state index contributed by atoms with van der Waals surface area (Å²) < 4.78 is 0. The molecule has 0 radical (unpaired) electrons. The number of likely N-dealkylation sites (tertiary alicyclic amines) is 2. The summed E-state index contributed by atoms with van der Waals surface area (Å²) in [6, 6.07) is 4.87. The van der Waals surface area contributed by atoms with E-state index in [1.807, 2.05) is 24.3 Å². The summed E-state index contributed by atoms with van der Waals surface area (Å²) >= 11 is 0. The van der Waals surface area contributed by atoms with Gasteiger partial charge in [-0.05, 0) is 69.9 Å². The van der Waals surface area contributed by atoms with Crippen molar-refractivity contribution in [1.82, 2.24) is 19.7 Å². The van der Waals surface area contributed by atoms with Crippen LogP contribution in [0.25, 0.3) is 0 Å². The Kier molecular flexibility index (Phi) is 6.43. The topological polar surface area (TPSA) is 39.7 Å². The molecule has 2 aliphatic rings. The molecule has 5 nitrogen and oxygen atoms in total. The molecule has 2 saturated heterocycles. The fourth-order valence-corrected chi connectivity index (χ4v) is 4.20. The van der Waals surface area contributed by atoms with Gasteiger partial charge < -0.3 is 4.90 Å². The fraction of sp³-hybridized carbons (Fsp3) is 0.700. The largest absolute Gasteiger partial charge is 0.346 e. The minimum Gasteiger partial charge on any atom is -0.346 e. The van der Waals surface area contributed by atoms with Crippen LogP contribution < -0.4 is 0 Å². The lowest BCUT2D eigenvalue weighted by Crippen LogP contribution is -2.50. The van der Waals surface area contributed by atoms with Crippen LogP contribution in [-0.4, -0.2) is 71.4 Å². The van der Waals surface area contributed by atoms with E-state index in [9.17, 15) is 4.79 Å². The highest BCUT2D eigenvalue weighted by atomic mass is 16.2. The number of pyridine rings is 1. The number of nitrogens with zero attached hydrogens (tertiary/aromatic N) is 4. The highest BCUT2D eigenvalue weighted by Gasteiger charge is 2.32. The molecule has 1 amide bonds. The smallest absolute Gasteiger partial charge is 0.226 e. The maximum atomic E-state index is 12.5. The average molecular weight is 345 g/mol. The molecule has 3 rings (SSSR count). The van der Waals surface area contributed by atoms with Crippen LogP contribution in [0.5, 0.6) is 0 Å². The summed E-state index contributed by atoms with van der Waals surface area (Å²) in [6.45, 7) is 8.30. The minimum absolute atomic E-state index is 0.202. The van der Waals surface area contributed by atoms with E-state index in [1.54, 1.807) is 0 Å². The number of aromatic nitrogens is 1. The average Bonchev–Trinajstić information content (AvgIpc) is 2.68. The van der Waals surface area contributed by atoms with Gasteiger partial charge in [-0.2, -0.15) is 0 Å². The highest BCUT2D eigenvalue weighted by molar-refractivity contribution is 5.78. The number of carbonyl (C=O) groups excluding carboxylic acids is 1. The Bertz CT molecular complexity index is 542. The minimum atomic E-state index is 0.202. The van der Waals surface area contributed by atoms with Crippen molar-refractivity contribution in [2.45, 2.75) is 45.2 Å². The van der Waals surface area contributed by atoms with Gasteiger partial charge in [-0.1, -0.05) is 0 Å². The summed E-state index contributed by atoms with van der Waals surface area (Å²) in [4.78, 5) is 23.6. The van der Waals surface area contributed by atoms with Gasteiger partial charge in [0.05, 0.1) is 5.92 Å². The molecule has 0 aromatic carbocycles. The van der Waals surface area contributed by atoms with Gasteiger partial charge in [0.2, 0.25) is 5.91 Å². The van der Waals surface area contributed by atoms with Gasteiger partial charge in [-0.25, -0.2) is 0 Å². The molecule has 1 aromatic heterocycles. The first-order chi connectivity index (χ1) is 12.2. The van der Waals surface area contributed by atoms with Crippen molar-refractivity contribution in [2.75, 3.05) is 39.8 Å². The Labute approximate surface area is 152 Å². The third kappa shape index (κ3) is 4.79. The van der Waals surface area contributed by atoms with E-state index in [0.29, 0.717) is 11.9 Å². The quantitative estimate of drug-likeness (QED) is 0.821. The van der Waals surface area contributed by atoms with E-state index in [-0.39, 0.29) is 5.92 Å². The lowest BCUT2D eigenvalue weighted by Gasteiger charge is -2.42. The molecule has 1 aromatic rings. The van der Waals surface area contributed by atoms with Gasteiger partial charge in [-0.15, -0.1) is 0 Å². The zero-order chi connectivity index (χ0) is 17.6. The normalized spacial score (nSPS) is 23.5. The number of piperidine rings is 2. The number of carbonyl (C=O) groups is 1. The molecule has 0 N–H and O–H groups in total. The Morgan fingerprint density at radius 1 is 1.20 bits per heavy atom. The van der Waals surface area contributed by atoms with Crippen molar-refractivity contribution in [3.05, 3.63) is 30.1 Å². The molecule has 0 spiro atoms. The molecular weight excluding hydrogens is 312 g/mol. The Morgan fingerprint density at radius 3 is 2.60 bits per heavy atom. The van der Waals surface area contributed by atoms with Crippen molar-refractivity contribution in [3.63, 3.8) is 0 Å². The monoisotopic (exact) mass is 344 g/mol. The van der Waals surface area contributed by atoms with Crippen LogP contribution in [0, 0.1) is 5.92 Å². The molecule has 0 aliphatic carbocycles. The molecule has 0 bridgehead atoms. The number of amides is 1. The molecule has 138 valence electrons. The molecular formula is C20H32N4O. The third-order valence-corrected chi connectivity index (χ3v) is 5.88. The fourth-order valence-electron chi connectivity index (χ4n) is 4.20. The van der Waals surface area contributed by atoms with Crippen molar-refractivity contribution >= 4 is 5.91 Å². The number of rotatable bonds is 5. The summed E-state index contributed by atoms with van der Waals surface area (Å²) in [6.07, 6.45) is 8.40. The molecule has 3 heterocycles. The lowest BCUT2D eigenvalue weighted by atomic mass is 9.93. The summed E-state index contributed by atoms with van der Waals surface area (Å²) in [5, 5.41) is 0. The Hall–Kier alpha value is -1.46. The molecule has 0 unspecified atom stereocenters. The van der Waals surface area contributed by atoms with E-state index in [4.69, 9.17) is 0 Å². The van der Waals surface area contributed by atoms with Gasteiger partial charge in [0.1, 0.15) is 0 Å². The van der Waals surface area contributed by atoms with Crippen LogP contribution in [0.1, 0.15) is 38.2 Å². The summed E-state index contributed by atoms with van der Waals surface area (Å²) in [5.41, 5.74) is 1.35. The molecule has 0 saturated carbocycles. The Morgan fingerprint density at radius 2 is 1.92 bits per heavy atom. The standard InChI is InChI=1S/C20H32N4O/c1-3-22(2)20(25)18-5-4-12-24(16-18)19-8-13-23(14-9-19)15-17-6-10-21-11-7-17/h6-7,10-11,18-19H,3-5,8-9,12-16H2,1-2H3/t18-/m1/s1. The highest BCUT2D eigenvalue weighted by Crippen LogP contribution is 2.25. The molecule has 1 atom stereocenters. The van der Waals surface area contributed by atoms with E-state index in [0.717, 1.165) is 52.1 Å². The van der Waals surface area contributed by atoms with E-state index < -0.39 is 0 Å². The van der Waals surface area contributed by atoms with E-state index in [2.05, 4.69) is 33.8 Å². The number of hydrogen-bond donors (Lipinski definition) is 0. The predicted octanol–water partition coefficient (Wildman–Crippen LogP) is 2.24. The Balaban J connectivity index is 1.48. The van der Waals surface area contributed by atoms with Gasteiger partial charge in [0.15, 0.2) is 0 Å². The lowest BCUT2D eigenvalue weighted by molar-refractivity contribution is -0.136. The van der Waals surface area contributed by atoms with Crippen molar-refractivity contribution in [1.29, 1.82) is 0 Å². The van der Waals surface area contributed by atoms with Crippen molar-refractivity contribution < 1.29 is 4.79 Å². The molecule has 25 heavy (non-hydrogen) atoms. The predicted molar refractivity (Wildman–Crippen MR) is 100 cm³/mol. The van der Waals surface area contributed by atoms with Crippen molar-refractivity contribution in [2.24, 2.45) is 5.92 Å². The second-order valence-corrected chi connectivity index (χ2v) is 7.55. The first kappa shape index (κ1) is 18.3. The summed E-state index contributed by atoms with van der Waals surface area (Å²) in [7, 11) is 1.93. The van der Waals surface area contributed by atoms with Gasteiger partial charge >= 0.3 is 0 Å².